The van der Waals surface area contributed by atoms with Gasteiger partial charge in [0, 0.05) is 24.4 Å². The minimum Gasteiger partial charge on any atom is -0.496 e. The highest BCUT2D eigenvalue weighted by Crippen LogP contribution is 2.34. The van der Waals surface area contributed by atoms with Crippen LogP contribution in [0.25, 0.3) is 0 Å². The van der Waals surface area contributed by atoms with E-state index in [2.05, 4.69) is 43.5 Å². The van der Waals surface area contributed by atoms with Gasteiger partial charge in [0.2, 0.25) is 0 Å². The number of aliphatic imine (C=N–C) groups is 2. The number of benzene rings is 1. The van der Waals surface area contributed by atoms with E-state index in [4.69, 9.17) is 4.74 Å². The number of methoxy groups -OCH3 is 1. The van der Waals surface area contributed by atoms with Gasteiger partial charge in [-0.25, -0.2) is 0 Å². The first kappa shape index (κ1) is 15.2. The van der Waals surface area contributed by atoms with E-state index in [0.29, 0.717) is 0 Å². The van der Waals surface area contributed by atoms with Crippen LogP contribution in [0.15, 0.2) is 40.5 Å². The summed E-state index contributed by atoms with van der Waals surface area (Å²) in [7, 11) is 3.45. The summed E-state index contributed by atoms with van der Waals surface area (Å²) in [5, 5.41) is 0. The van der Waals surface area contributed by atoms with Gasteiger partial charge in [0.25, 0.3) is 0 Å². The molecule has 0 saturated carbocycles. The lowest BCUT2D eigenvalue weighted by Gasteiger charge is -2.23. The van der Waals surface area contributed by atoms with Crippen LogP contribution in [-0.4, -0.2) is 26.6 Å². The highest BCUT2D eigenvalue weighted by molar-refractivity contribution is 6.10. The fraction of sp³-hybridized carbons (Fsp3) is 0.375. The summed E-state index contributed by atoms with van der Waals surface area (Å²) in [6.07, 6.45) is 3.46. The minimum atomic E-state index is 0.0145. The molecule has 3 nitrogen and oxygen atoms in total. The molecule has 0 bridgehead atoms. The van der Waals surface area contributed by atoms with Gasteiger partial charge < -0.3 is 4.74 Å². The van der Waals surface area contributed by atoms with Gasteiger partial charge in [0.15, 0.2) is 0 Å². The van der Waals surface area contributed by atoms with Gasteiger partial charge in [-0.15, -0.1) is 0 Å². The summed E-state index contributed by atoms with van der Waals surface area (Å²) in [5.74, 6) is 0.865. The maximum Gasteiger partial charge on any atom is 0.131 e. The molecule has 1 aromatic rings. The first-order chi connectivity index (χ1) is 8.95. The van der Waals surface area contributed by atoms with E-state index in [-0.39, 0.29) is 5.41 Å². The standard InChI is InChI=1S/C16H22N2O/c1-16(2,3)13-9-7-8-12(15(13)19-6)14(18-5)10-11-17-4/h7-11H,4H2,1-3,5-6H3/b11-10-,18-14?. The van der Waals surface area contributed by atoms with Gasteiger partial charge in [0.05, 0.1) is 12.8 Å². The van der Waals surface area contributed by atoms with E-state index < -0.39 is 0 Å². The molecule has 0 aliphatic carbocycles. The van der Waals surface area contributed by atoms with Crippen molar-refractivity contribution in [2.24, 2.45) is 9.98 Å². The second kappa shape index (κ2) is 6.32. The SMILES string of the molecule is C=N/C=C\C(=NC)c1cccc(C(C)(C)C)c1OC. The summed E-state index contributed by atoms with van der Waals surface area (Å²) in [5.41, 5.74) is 2.97. The number of allylic oxidation sites excluding steroid dienone is 1. The Morgan fingerprint density at radius 1 is 1.32 bits per heavy atom. The van der Waals surface area contributed by atoms with Crippen LogP contribution in [-0.2, 0) is 5.41 Å². The Morgan fingerprint density at radius 2 is 2.00 bits per heavy atom. The van der Waals surface area contributed by atoms with Gasteiger partial charge in [-0.05, 0) is 24.3 Å². The molecule has 0 spiro atoms. The van der Waals surface area contributed by atoms with Gasteiger partial charge in [-0.2, -0.15) is 0 Å². The molecule has 0 unspecified atom stereocenters. The Balaban J connectivity index is 3.44. The van der Waals surface area contributed by atoms with Crippen molar-refractivity contribution in [2.75, 3.05) is 14.2 Å². The molecule has 102 valence electrons. The summed E-state index contributed by atoms with van der Waals surface area (Å²) < 4.78 is 5.60. The molecular formula is C16H22N2O. The zero-order valence-corrected chi connectivity index (χ0v) is 12.4. The fourth-order valence-electron chi connectivity index (χ4n) is 1.96. The molecule has 0 atom stereocenters. The average molecular weight is 258 g/mol. The highest BCUT2D eigenvalue weighted by Gasteiger charge is 2.21. The van der Waals surface area contributed by atoms with Crippen LogP contribution in [0.1, 0.15) is 31.9 Å². The molecule has 3 heteroatoms. The van der Waals surface area contributed by atoms with E-state index >= 15 is 0 Å². The molecule has 0 aromatic heterocycles. The van der Waals surface area contributed by atoms with Crippen LogP contribution in [0.5, 0.6) is 5.75 Å². The largest absolute Gasteiger partial charge is 0.496 e. The van der Waals surface area contributed by atoms with E-state index in [1.807, 2.05) is 18.2 Å². The van der Waals surface area contributed by atoms with Crippen LogP contribution in [0.4, 0.5) is 0 Å². The van der Waals surface area contributed by atoms with Crippen molar-refractivity contribution in [1.29, 1.82) is 0 Å². The van der Waals surface area contributed by atoms with E-state index in [9.17, 15) is 0 Å². The third-order valence-corrected chi connectivity index (χ3v) is 2.88. The van der Waals surface area contributed by atoms with Crippen molar-refractivity contribution < 1.29 is 4.74 Å². The van der Waals surface area contributed by atoms with Crippen LogP contribution < -0.4 is 4.74 Å². The Morgan fingerprint density at radius 3 is 2.47 bits per heavy atom. The monoisotopic (exact) mass is 258 g/mol. The molecule has 19 heavy (non-hydrogen) atoms. The topological polar surface area (TPSA) is 34.0 Å². The Bertz CT molecular complexity index is 508. The van der Waals surface area contributed by atoms with Crippen LogP contribution in [0.3, 0.4) is 0 Å². The zero-order valence-electron chi connectivity index (χ0n) is 12.4. The normalized spacial score (nSPS) is 12.8. The van der Waals surface area contributed by atoms with Crippen molar-refractivity contribution in [1.82, 2.24) is 0 Å². The zero-order chi connectivity index (χ0) is 14.5. The summed E-state index contributed by atoms with van der Waals surface area (Å²) in [6, 6.07) is 6.12. The molecule has 0 fully saturated rings. The smallest absolute Gasteiger partial charge is 0.131 e. The number of hydrogen-bond acceptors (Lipinski definition) is 3. The molecule has 1 aromatic carbocycles. The quantitative estimate of drug-likeness (QED) is 0.759. The van der Waals surface area contributed by atoms with E-state index in [1.165, 1.54) is 0 Å². The van der Waals surface area contributed by atoms with Gasteiger partial charge in [-0.1, -0.05) is 32.9 Å². The maximum atomic E-state index is 5.60. The lowest BCUT2D eigenvalue weighted by atomic mass is 9.84. The molecule has 0 aliphatic heterocycles. The number of nitrogens with zero attached hydrogens (tertiary/aromatic N) is 2. The first-order valence-corrected chi connectivity index (χ1v) is 6.22. The van der Waals surface area contributed by atoms with Crippen molar-refractivity contribution in [2.45, 2.75) is 26.2 Å². The summed E-state index contributed by atoms with van der Waals surface area (Å²) >= 11 is 0. The Kier molecular flexibility index (Phi) is 5.04. The molecule has 0 saturated heterocycles. The molecular weight excluding hydrogens is 236 g/mol. The second-order valence-corrected chi connectivity index (χ2v) is 5.24. The third-order valence-electron chi connectivity index (χ3n) is 2.88. The first-order valence-electron chi connectivity index (χ1n) is 6.22. The fourth-order valence-corrected chi connectivity index (χ4v) is 1.96. The second-order valence-electron chi connectivity index (χ2n) is 5.24. The number of para-hydroxylation sites is 1. The third kappa shape index (κ3) is 3.53. The van der Waals surface area contributed by atoms with Crippen molar-refractivity contribution in [3.63, 3.8) is 0 Å². The van der Waals surface area contributed by atoms with Crippen LogP contribution in [0, 0.1) is 0 Å². The molecule has 0 radical (unpaired) electrons. The Hall–Kier alpha value is -1.90. The molecule has 0 N–H and O–H groups in total. The van der Waals surface area contributed by atoms with E-state index in [1.54, 1.807) is 20.4 Å². The maximum absolute atomic E-state index is 5.60. The van der Waals surface area contributed by atoms with Gasteiger partial charge in [0.1, 0.15) is 5.75 Å². The Labute approximate surface area is 115 Å². The number of rotatable bonds is 4. The van der Waals surface area contributed by atoms with Crippen molar-refractivity contribution in [3.8, 4) is 5.75 Å². The van der Waals surface area contributed by atoms with Crippen LogP contribution >= 0.6 is 0 Å². The lowest BCUT2D eigenvalue weighted by molar-refractivity contribution is 0.397. The predicted molar refractivity (Wildman–Crippen MR) is 82.8 cm³/mol. The summed E-state index contributed by atoms with van der Waals surface area (Å²) in [4.78, 5) is 8.01. The summed E-state index contributed by atoms with van der Waals surface area (Å²) in [6.45, 7) is 9.93. The van der Waals surface area contributed by atoms with Crippen molar-refractivity contribution in [3.05, 3.63) is 41.6 Å². The van der Waals surface area contributed by atoms with E-state index in [0.717, 1.165) is 22.6 Å². The average Bonchev–Trinajstić information content (AvgIpc) is 2.38. The highest BCUT2D eigenvalue weighted by atomic mass is 16.5. The van der Waals surface area contributed by atoms with Crippen molar-refractivity contribution >= 4 is 12.4 Å². The molecule has 1 rings (SSSR count). The minimum absolute atomic E-state index is 0.0145. The number of ether oxygens (including phenoxy) is 1. The van der Waals surface area contributed by atoms with Gasteiger partial charge in [-0.3, -0.25) is 9.98 Å². The number of hydrogen-bond donors (Lipinski definition) is 0. The van der Waals surface area contributed by atoms with Crippen LogP contribution in [0.2, 0.25) is 0 Å². The predicted octanol–water partition coefficient (Wildman–Crippen LogP) is 3.63. The lowest BCUT2D eigenvalue weighted by Crippen LogP contribution is -2.15. The van der Waals surface area contributed by atoms with Gasteiger partial charge >= 0.3 is 0 Å². The molecule has 0 amide bonds. The molecule has 0 aliphatic rings. The molecule has 0 heterocycles.